The monoisotopic (exact) mass is 259 g/mol. The molecule has 0 atom stereocenters. The maximum absolute atomic E-state index is 13.2. The zero-order valence-electron chi connectivity index (χ0n) is 10.5. The van der Waals surface area contributed by atoms with Gasteiger partial charge < -0.3 is 5.32 Å². The summed E-state index contributed by atoms with van der Waals surface area (Å²) in [5.41, 5.74) is 4.43. The molecule has 0 saturated heterocycles. The number of anilines is 1. The van der Waals surface area contributed by atoms with Crippen molar-refractivity contribution < 1.29 is 8.78 Å². The summed E-state index contributed by atoms with van der Waals surface area (Å²) >= 11 is 0. The molecule has 0 aromatic heterocycles. The fraction of sp³-hybridized carbons (Fsp3) is 0.250. The second-order valence-corrected chi connectivity index (χ2v) is 4.95. The van der Waals surface area contributed by atoms with E-state index in [2.05, 4.69) is 17.4 Å². The van der Waals surface area contributed by atoms with Crippen LogP contribution in [0.4, 0.5) is 14.5 Å². The van der Waals surface area contributed by atoms with E-state index in [1.165, 1.54) is 23.4 Å². The fourth-order valence-electron chi connectivity index (χ4n) is 2.52. The minimum Gasteiger partial charge on any atom is -0.385 e. The maximum Gasteiger partial charge on any atom is 0.159 e. The number of fused-ring (bicyclic) bond motifs is 1. The number of nitrogens with one attached hydrogen (secondary N) is 1. The van der Waals surface area contributed by atoms with E-state index in [0.717, 1.165) is 30.5 Å². The van der Waals surface area contributed by atoms with Crippen LogP contribution in [0.15, 0.2) is 36.4 Å². The Morgan fingerprint density at radius 1 is 0.947 bits per heavy atom. The Labute approximate surface area is 111 Å². The number of hydrogen-bond donors (Lipinski definition) is 1. The number of benzene rings is 2. The number of halogens is 2. The lowest BCUT2D eigenvalue weighted by atomic mass is 9.97. The van der Waals surface area contributed by atoms with Crippen LogP contribution in [0.5, 0.6) is 0 Å². The molecule has 0 unspecified atom stereocenters. The lowest BCUT2D eigenvalue weighted by Crippen LogP contribution is -2.11. The summed E-state index contributed by atoms with van der Waals surface area (Å²) in [4.78, 5) is 0. The molecule has 1 aliphatic heterocycles. The van der Waals surface area contributed by atoms with E-state index in [1.807, 2.05) is 6.07 Å². The number of hydrogen-bond acceptors (Lipinski definition) is 1. The predicted octanol–water partition coefficient (Wildman–Crippen LogP) is 3.91. The Morgan fingerprint density at radius 3 is 2.58 bits per heavy atom. The van der Waals surface area contributed by atoms with Gasteiger partial charge in [0.2, 0.25) is 0 Å². The SMILES string of the molecule is Fc1ccc(Cc2ccc3c(c2)CCCN3)cc1F. The third kappa shape index (κ3) is 2.60. The van der Waals surface area contributed by atoms with Crippen molar-refractivity contribution in [3.63, 3.8) is 0 Å². The number of rotatable bonds is 2. The van der Waals surface area contributed by atoms with Gasteiger partial charge >= 0.3 is 0 Å². The molecule has 0 aliphatic carbocycles. The molecule has 0 bridgehead atoms. The predicted molar refractivity (Wildman–Crippen MR) is 72.4 cm³/mol. The summed E-state index contributed by atoms with van der Waals surface area (Å²) in [5.74, 6) is -1.57. The lowest BCUT2D eigenvalue weighted by Gasteiger charge is -2.18. The molecule has 1 nitrogen and oxygen atoms in total. The smallest absolute Gasteiger partial charge is 0.159 e. The Kier molecular flexibility index (Phi) is 3.20. The van der Waals surface area contributed by atoms with Gasteiger partial charge in [-0.3, -0.25) is 0 Å². The van der Waals surface area contributed by atoms with Crippen molar-refractivity contribution in [2.45, 2.75) is 19.3 Å². The van der Waals surface area contributed by atoms with Gasteiger partial charge in [-0.15, -0.1) is 0 Å². The van der Waals surface area contributed by atoms with Crippen molar-refractivity contribution >= 4 is 5.69 Å². The van der Waals surface area contributed by atoms with Crippen LogP contribution in [-0.2, 0) is 12.8 Å². The Hall–Kier alpha value is -1.90. The highest BCUT2D eigenvalue weighted by Crippen LogP contribution is 2.24. The van der Waals surface area contributed by atoms with Crippen LogP contribution in [0.1, 0.15) is 23.1 Å². The van der Waals surface area contributed by atoms with E-state index in [4.69, 9.17) is 0 Å². The molecule has 3 heteroatoms. The van der Waals surface area contributed by atoms with E-state index >= 15 is 0 Å². The van der Waals surface area contributed by atoms with Crippen molar-refractivity contribution in [1.82, 2.24) is 0 Å². The third-order valence-corrected chi connectivity index (χ3v) is 3.50. The van der Waals surface area contributed by atoms with Gasteiger partial charge in [-0.2, -0.15) is 0 Å². The molecule has 1 aliphatic rings. The van der Waals surface area contributed by atoms with E-state index in [9.17, 15) is 8.78 Å². The molecule has 3 rings (SSSR count). The van der Waals surface area contributed by atoms with Gasteiger partial charge in [0.15, 0.2) is 11.6 Å². The molecule has 0 spiro atoms. The summed E-state index contributed by atoms with van der Waals surface area (Å²) in [7, 11) is 0. The average molecular weight is 259 g/mol. The minimum absolute atomic E-state index is 0.629. The summed E-state index contributed by atoms with van der Waals surface area (Å²) in [6, 6.07) is 10.4. The first-order chi connectivity index (χ1) is 9.22. The molecule has 0 radical (unpaired) electrons. The standard InChI is InChI=1S/C16H15F2N/c17-14-5-3-12(10-15(14)18)8-11-4-6-16-13(9-11)2-1-7-19-16/h3-6,9-10,19H,1-2,7-8H2. The van der Waals surface area contributed by atoms with Gasteiger partial charge in [0.25, 0.3) is 0 Å². The first-order valence-corrected chi connectivity index (χ1v) is 6.52. The topological polar surface area (TPSA) is 12.0 Å². The van der Waals surface area contributed by atoms with Gasteiger partial charge in [0.05, 0.1) is 0 Å². The molecular formula is C16H15F2N. The van der Waals surface area contributed by atoms with Crippen LogP contribution < -0.4 is 5.32 Å². The molecular weight excluding hydrogens is 244 g/mol. The van der Waals surface area contributed by atoms with Crippen molar-refractivity contribution in [3.05, 3.63) is 64.7 Å². The molecule has 2 aromatic rings. The average Bonchev–Trinajstić information content (AvgIpc) is 2.43. The quantitative estimate of drug-likeness (QED) is 0.862. The van der Waals surface area contributed by atoms with Crippen LogP contribution in [0.3, 0.4) is 0 Å². The van der Waals surface area contributed by atoms with Crippen molar-refractivity contribution in [2.24, 2.45) is 0 Å². The molecule has 19 heavy (non-hydrogen) atoms. The molecule has 1 heterocycles. The van der Waals surface area contributed by atoms with Crippen molar-refractivity contribution in [3.8, 4) is 0 Å². The van der Waals surface area contributed by atoms with Crippen LogP contribution in [0.25, 0.3) is 0 Å². The second kappa shape index (κ2) is 5.00. The molecule has 1 N–H and O–H groups in total. The third-order valence-electron chi connectivity index (χ3n) is 3.50. The van der Waals surface area contributed by atoms with Gasteiger partial charge in [0.1, 0.15) is 0 Å². The largest absolute Gasteiger partial charge is 0.385 e. The van der Waals surface area contributed by atoms with Gasteiger partial charge in [0, 0.05) is 12.2 Å². The van der Waals surface area contributed by atoms with E-state index < -0.39 is 11.6 Å². The van der Waals surface area contributed by atoms with E-state index in [1.54, 1.807) is 6.07 Å². The highest BCUT2D eigenvalue weighted by atomic mass is 19.2. The zero-order chi connectivity index (χ0) is 13.2. The van der Waals surface area contributed by atoms with Gasteiger partial charge in [-0.1, -0.05) is 18.2 Å². The summed E-state index contributed by atoms with van der Waals surface area (Å²) in [6.45, 7) is 1.02. The van der Waals surface area contributed by atoms with Crippen molar-refractivity contribution in [2.75, 3.05) is 11.9 Å². The molecule has 2 aromatic carbocycles. The lowest BCUT2D eigenvalue weighted by molar-refractivity contribution is 0.507. The minimum atomic E-state index is -0.793. The number of aryl methyl sites for hydroxylation is 1. The highest BCUT2D eigenvalue weighted by Gasteiger charge is 2.09. The summed E-state index contributed by atoms with van der Waals surface area (Å²) < 4.78 is 26.0. The van der Waals surface area contributed by atoms with Crippen LogP contribution in [0.2, 0.25) is 0 Å². The Balaban J connectivity index is 1.84. The van der Waals surface area contributed by atoms with E-state index in [-0.39, 0.29) is 0 Å². The Morgan fingerprint density at radius 2 is 1.74 bits per heavy atom. The summed E-state index contributed by atoms with van der Waals surface area (Å²) in [6.07, 6.45) is 2.85. The second-order valence-electron chi connectivity index (χ2n) is 4.95. The van der Waals surface area contributed by atoms with Crippen LogP contribution in [-0.4, -0.2) is 6.54 Å². The first kappa shape index (κ1) is 12.2. The molecule has 0 saturated carbocycles. The van der Waals surface area contributed by atoms with Gasteiger partial charge in [-0.25, -0.2) is 8.78 Å². The summed E-state index contributed by atoms with van der Waals surface area (Å²) in [5, 5.41) is 3.36. The maximum atomic E-state index is 13.2. The van der Waals surface area contributed by atoms with Crippen LogP contribution >= 0.6 is 0 Å². The fourth-order valence-corrected chi connectivity index (χ4v) is 2.52. The molecule has 98 valence electrons. The van der Waals surface area contributed by atoms with E-state index in [0.29, 0.717) is 6.42 Å². The highest BCUT2D eigenvalue weighted by molar-refractivity contribution is 5.54. The van der Waals surface area contributed by atoms with Crippen LogP contribution in [0, 0.1) is 11.6 Å². The van der Waals surface area contributed by atoms with Crippen molar-refractivity contribution in [1.29, 1.82) is 0 Å². The normalized spacial score (nSPS) is 13.8. The molecule has 0 fully saturated rings. The Bertz CT molecular complexity index is 608. The zero-order valence-corrected chi connectivity index (χ0v) is 10.5. The van der Waals surface area contributed by atoms with Gasteiger partial charge in [-0.05, 0) is 54.2 Å². The molecule has 0 amide bonds. The first-order valence-electron chi connectivity index (χ1n) is 6.52.